The Hall–Kier alpha value is -1.24. The molecular formula is C14H13BrClNO3S. The molecule has 0 bridgehead atoms. The molecule has 0 fully saturated rings. The summed E-state index contributed by atoms with van der Waals surface area (Å²) in [7, 11) is 3.04. The molecule has 0 spiro atoms. The summed E-state index contributed by atoms with van der Waals surface area (Å²) in [4.78, 5) is 12.9. The highest BCUT2D eigenvalue weighted by Crippen LogP contribution is 2.36. The van der Waals surface area contributed by atoms with Crippen molar-refractivity contribution in [2.45, 2.75) is 6.92 Å². The van der Waals surface area contributed by atoms with E-state index in [1.165, 1.54) is 25.6 Å². The summed E-state index contributed by atoms with van der Waals surface area (Å²) < 4.78 is 11.3. The molecule has 0 atom stereocenters. The fourth-order valence-corrected chi connectivity index (χ4v) is 3.38. The lowest BCUT2D eigenvalue weighted by Crippen LogP contribution is -2.11. The third kappa shape index (κ3) is 3.51. The van der Waals surface area contributed by atoms with Gasteiger partial charge in [-0.3, -0.25) is 4.79 Å². The number of rotatable bonds is 4. The smallest absolute Gasteiger partial charge is 0.265 e. The number of methoxy groups -OCH3 is 2. The highest BCUT2D eigenvalue weighted by molar-refractivity contribution is 9.11. The van der Waals surface area contributed by atoms with Crippen molar-refractivity contribution in [3.63, 3.8) is 0 Å². The molecule has 21 heavy (non-hydrogen) atoms. The van der Waals surface area contributed by atoms with Crippen LogP contribution in [0.3, 0.4) is 0 Å². The number of carbonyl (C=O) groups excluding carboxylic acids is 1. The molecule has 0 aliphatic carbocycles. The van der Waals surface area contributed by atoms with Gasteiger partial charge in [0.15, 0.2) is 0 Å². The highest BCUT2D eigenvalue weighted by Gasteiger charge is 2.16. The van der Waals surface area contributed by atoms with Gasteiger partial charge in [-0.1, -0.05) is 11.6 Å². The fraction of sp³-hybridized carbons (Fsp3) is 0.214. The number of benzene rings is 1. The normalized spacial score (nSPS) is 10.3. The first-order valence-corrected chi connectivity index (χ1v) is 7.93. The summed E-state index contributed by atoms with van der Waals surface area (Å²) in [6.07, 6.45) is 0. The van der Waals surface area contributed by atoms with Crippen molar-refractivity contribution < 1.29 is 14.3 Å². The Morgan fingerprint density at radius 2 is 1.90 bits per heavy atom. The van der Waals surface area contributed by atoms with Gasteiger partial charge in [0, 0.05) is 6.07 Å². The maximum atomic E-state index is 12.3. The molecule has 2 rings (SSSR count). The van der Waals surface area contributed by atoms with E-state index >= 15 is 0 Å². The maximum Gasteiger partial charge on any atom is 0.265 e. The van der Waals surface area contributed by atoms with Gasteiger partial charge in [-0.2, -0.15) is 0 Å². The van der Waals surface area contributed by atoms with Crippen LogP contribution in [-0.4, -0.2) is 20.1 Å². The van der Waals surface area contributed by atoms with Gasteiger partial charge in [-0.05, 0) is 40.5 Å². The zero-order valence-corrected chi connectivity index (χ0v) is 14.8. The van der Waals surface area contributed by atoms with Gasteiger partial charge in [0.25, 0.3) is 5.91 Å². The second-order valence-electron chi connectivity index (χ2n) is 4.21. The van der Waals surface area contributed by atoms with E-state index in [9.17, 15) is 4.79 Å². The monoisotopic (exact) mass is 389 g/mol. The van der Waals surface area contributed by atoms with Gasteiger partial charge in [0.2, 0.25) is 0 Å². The molecule has 2 aromatic rings. The predicted octanol–water partition coefficient (Wildman–Crippen LogP) is 4.74. The predicted molar refractivity (Wildman–Crippen MR) is 89.3 cm³/mol. The van der Waals surface area contributed by atoms with Crippen LogP contribution in [0.4, 0.5) is 5.69 Å². The molecule has 112 valence electrons. The number of thiophene rings is 1. The van der Waals surface area contributed by atoms with Crippen LogP contribution < -0.4 is 14.8 Å². The summed E-state index contributed by atoms with van der Waals surface area (Å²) >= 11 is 10.9. The minimum atomic E-state index is -0.215. The number of aryl methyl sites for hydroxylation is 1. The molecule has 1 amide bonds. The van der Waals surface area contributed by atoms with Crippen molar-refractivity contribution in [1.29, 1.82) is 0 Å². The molecule has 1 heterocycles. The van der Waals surface area contributed by atoms with Crippen molar-refractivity contribution in [3.05, 3.63) is 37.4 Å². The topological polar surface area (TPSA) is 47.6 Å². The average molecular weight is 391 g/mol. The van der Waals surface area contributed by atoms with Crippen LogP contribution in [0, 0.1) is 6.92 Å². The van der Waals surface area contributed by atoms with Gasteiger partial charge in [-0.25, -0.2) is 0 Å². The molecule has 0 saturated carbocycles. The Balaban J connectivity index is 2.30. The summed E-state index contributed by atoms with van der Waals surface area (Å²) in [5, 5.41) is 3.20. The van der Waals surface area contributed by atoms with Crippen LogP contribution in [0.2, 0.25) is 5.02 Å². The van der Waals surface area contributed by atoms with Crippen molar-refractivity contribution in [1.82, 2.24) is 0 Å². The van der Waals surface area contributed by atoms with E-state index in [4.69, 9.17) is 21.1 Å². The number of hydrogen-bond acceptors (Lipinski definition) is 4. The van der Waals surface area contributed by atoms with Gasteiger partial charge < -0.3 is 14.8 Å². The second kappa shape index (κ2) is 6.68. The number of halogens is 2. The van der Waals surface area contributed by atoms with Crippen molar-refractivity contribution in [3.8, 4) is 11.5 Å². The van der Waals surface area contributed by atoms with E-state index in [-0.39, 0.29) is 5.91 Å². The molecule has 0 aliphatic rings. The summed E-state index contributed by atoms with van der Waals surface area (Å²) in [6, 6.07) is 5.06. The minimum Gasteiger partial charge on any atom is -0.495 e. The van der Waals surface area contributed by atoms with Crippen molar-refractivity contribution in [2.75, 3.05) is 19.5 Å². The van der Waals surface area contributed by atoms with E-state index in [1.54, 1.807) is 12.1 Å². The Morgan fingerprint density at radius 1 is 1.24 bits per heavy atom. The molecule has 1 aromatic heterocycles. The number of carbonyl (C=O) groups is 1. The van der Waals surface area contributed by atoms with Crippen molar-refractivity contribution >= 4 is 50.5 Å². The van der Waals surface area contributed by atoms with Crippen LogP contribution in [0.25, 0.3) is 0 Å². The third-order valence-electron chi connectivity index (χ3n) is 2.80. The van der Waals surface area contributed by atoms with Gasteiger partial charge in [-0.15, -0.1) is 11.3 Å². The molecule has 0 radical (unpaired) electrons. The first-order chi connectivity index (χ1) is 9.96. The number of anilines is 1. The molecule has 0 aliphatic heterocycles. The van der Waals surface area contributed by atoms with Crippen LogP contribution >= 0.6 is 38.9 Å². The quantitative estimate of drug-likeness (QED) is 0.820. The van der Waals surface area contributed by atoms with Gasteiger partial charge in [0.1, 0.15) is 11.5 Å². The number of amides is 1. The Kier molecular flexibility index (Phi) is 5.13. The zero-order chi connectivity index (χ0) is 15.6. The third-order valence-corrected chi connectivity index (χ3v) is 5.23. The second-order valence-corrected chi connectivity index (χ2v) is 6.99. The lowest BCUT2D eigenvalue weighted by molar-refractivity contribution is 0.103. The molecule has 1 N–H and O–H groups in total. The molecule has 0 unspecified atom stereocenters. The molecule has 0 saturated heterocycles. The molecular weight excluding hydrogens is 378 g/mol. The Labute approximate surface area is 140 Å². The van der Waals surface area contributed by atoms with E-state index < -0.39 is 0 Å². The fourth-order valence-electron chi connectivity index (χ4n) is 1.71. The van der Waals surface area contributed by atoms with Crippen LogP contribution in [0.15, 0.2) is 22.0 Å². The summed E-state index contributed by atoms with van der Waals surface area (Å²) in [6.45, 7) is 1.93. The first-order valence-electron chi connectivity index (χ1n) is 5.95. The summed E-state index contributed by atoms with van der Waals surface area (Å²) in [5.74, 6) is 0.756. The highest BCUT2D eigenvalue weighted by atomic mass is 79.9. The Morgan fingerprint density at radius 3 is 2.43 bits per heavy atom. The molecule has 4 nitrogen and oxygen atoms in total. The lowest BCUT2D eigenvalue weighted by Gasteiger charge is -2.12. The first kappa shape index (κ1) is 16.1. The van der Waals surface area contributed by atoms with E-state index in [0.29, 0.717) is 27.1 Å². The SMILES string of the molecule is COc1cc(OC)c(NC(=O)c2cc(C)c(Br)s2)cc1Cl. The largest absolute Gasteiger partial charge is 0.495 e. The standard InChI is InChI=1S/C14H13BrClNO3S/c1-7-4-12(21-13(7)15)14(18)17-9-5-8(16)10(19-2)6-11(9)20-3/h4-6H,1-3H3,(H,17,18). The van der Waals surface area contributed by atoms with Crippen LogP contribution in [0.1, 0.15) is 15.2 Å². The minimum absolute atomic E-state index is 0.215. The van der Waals surface area contributed by atoms with E-state index in [1.807, 2.05) is 13.0 Å². The number of nitrogens with one attached hydrogen (secondary N) is 1. The van der Waals surface area contributed by atoms with Crippen LogP contribution in [-0.2, 0) is 0 Å². The van der Waals surface area contributed by atoms with Crippen LogP contribution in [0.5, 0.6) is 11.5 Å². The van der Waals surface area contributed by atoms with E-state index in [0.717, 1.165) is 9.35 Å². The molecule has 7 heteroatoms. The maximum absolute atomic E-state index is 12.3. The number of ether oxygens (including phenoxy) is 2. The zero-order valence-electron chi connectivity index (χ0n) is 11.6. The van der Waals surface area contributed by atoms with Gasteiger partial charge in [0.05, 0.1) is 33.6 Å². The van der Waals surface area contributed by atoms with Gasteiger partial charge >= 0.3 is 0 Å². The number of hydrogen-bond donors (Lipinski definition) is 1. The Bertz CT molecular complexity index is 668. The van der Waals surface area contributed by atoms with E-state index in [2.05, 4.69) is 21.2 Å². The average Bonchev–Trinajstić information content (AvgIpc) is 2.79. The van der Waals surface area contributed by atoms with Crippen molar-refractivity contribution in [2.24, 2.45) is 0 Å². The lowest BCUT2D eigenvalue weighted by atomic mass is 10.2. The summed E-state index contributed by atoms with van der Waals surface area (Å²) in [5.41, 5.74) is 1.51. The molecule has 1 aromatic carbocycles.